The van der Waals surface area contributed by atoms with Gasteiger partial charge >= 0.3 is 43.0 Å². The minimum atomic E-state index is -0.921. The molecule has 0 saturated carbocycles. The average Bonchev–Trinajstić information content (AvgIpc) is 2.87. The molecule has 0 aromatic carbocycles. The molecule has 0 atom stereocenters. The van der Waals surface area contributed by atoms with Gasteiger partial charge in [0.1, 0.15) is 0 Å². The van der Waals surface area contributed by atoms with Crippen LogP contribution in [0.4, 0.5) is 0 Å². The van der Waals surface area contributed by atoms with E-state index in [0.29, 0.717) is 0 Å². The van der Waals surface area contributed by atoms with Gasteiger partial charge in [0.2, 0.25) is 0 Å². The third-order valence-corrected chi connectivity index (χ3v) is 17.1. The number of nitrogens with zero attached hydrogens (tertiary/aromatic N) is 3. The molecule has 0 aliphatic rings. The minimum absolute atomic E-state index is 0.0440. The van der Waals surface area contributed by atoms with E-state index in [-0.39, 0.29) is 11.1 Å². The fourth-order valence-electron chi connectivity index (χ4n) is 2.24. The Balaban J connectivity index is -0.000000197. The molecule has 0 fully saturated rings. The summed E-state index contributed by atoms with van der Waals surface area (Å²) < 4.78 is 3.94. The summed E-state index contributed by atoms with van der Waals surface area (Å²) in [5, 5.41) is 8.88. The molecular formula is C29H65N3Si2W-4. The van der Waals surface area contributed by atoms with Gasteiger partial charge in [-0.2, -0.15) is 0 Å². The smallest absolute Gasteiger partial charge is 0.0700 e. The standard InChI is InChI=1S/C12H24N2.2C7H17Si.C3H7N.W/c1-7-11(3,4)13-9-10-14-12(5,6)8-2;2*1-5-8(4,6-2)7-3;1-2-3-4;/h9-10H,7-8H2,1-6H3;2*4-7H2,1-3H3;2-3H2,1H3;/q-2;2*-1;;/b10-9-;;;;. The zero-order chi connectivity index (χ0) is 28.6. The summed E-state index contributed by atoms with van der Waals surface area (Å²) >= 11 is 1.35. The minimum Gasteiger partial charge on any atom is -0.342 e. The van der Waals surface area contributed by atoms with Crippen LogP contribution in [-0.4, -0.2) is 33.8 Å². The van der Waals surface area contributed by atoms with Crippen LogP contribution in [0.2, 0.25) is 36.3 Å². The van der Waals surface area contributed by atoms with Crippen molar-refractivity contribution in [1.82, 2.24) is 0 Å². The topological polar surface area (TPSA) is 40.6 Å². The summed E-state index contributed by atoms with van der Waals surface area (Å²) in [6.45, 7) is 38.1. The van der Waals surface area contributed by atoms with Crippen molar-refractivity contribution in [3.63, 3.8) is 0 Å². The van der Waals surface area contributed by atoms with E-state index in [4.69, 9.17) is 0 Å². The molecule has 0 unspecified atom stereocenters. The Labute approximate surface area is 237 Å². The first-order valence-corrected chi connectivity index (χ1v) is 21.2. The molecule has 214 valence electrons. The van der Waals surface area contributed by atoms with Crippen molar-refractivity contribution in [3.8, 4) is 0 Å². The van der Waals surface area contributed by atoms with Gasteiger partial charge < -0.3 is 23.7 Å². The van der Waals surface area contributed by atoms with Crippen molar-refractivity contribution >= 4 is 16.1 Å². The summed E-state index contributed by atoms with van der Waals surface area (Å²) in [4.78, 5) is 0. The predicted octanol–water partition coefficient (Wildman–Crippen LogP) is 11.4. The summed E-state index contributed by atoms with van der Waals surface area (Å²) in [7, 11) is -1.84. The fraction of sp³-hybridized carbons (Fsp3) is 0.862. The van der Waals surface area contributed by atoms with Crippen LogP contribution in [0.1, 0.15) is 109 Å². The van der Waals surface area contributed by atoms with E-state index in [9.17, 15) is 0 Å². The second-order valence-corrected chi connectivity index (χ2v) is 22.0. The second kappa shape index (κ2) is 24.6. The molecule has 35 heavy (non-hydrogen) atoms. The Kier molecular flexibility index (Phi) is 29.8. The Morgan fingerprint density at radius 1 is 0.629 bits per heavy atom. The summed E-state index contributed by atoms with van der Waals surface area (Å²) in [5.74, 6) is 0. The maximum absolute atomic E-state index is 4.44. The number of hydrogen-bond acceptors (Lipinski definition) is 1. The molecule has 6 heteroatoms. The molecule has 3 nitrogen and oxygen atoms in total. The van der Waals surface area contributed by atoms with Gasteiger partial charge in [-0.05, 0) is 0 Å². The van der Waals surface area contributed by atoms with Crippen molar-refractivity contribution in [1.29, 1.82) is 0 Å². The number of rotatable bonds is 14. The molecule has 0 aromatic rings. The van der Waals surface area contributed by atoms with Gasteiger partial charge in [-0.25, -0.2) is 12.4 Å². The van der Waals surface area contributed by atoms with Crippen LogP contribution in [-0.2, 0) is 19.6 Å². The molecule has 0 aliphatic carbocycles. The monoisotopic (exact) mass is 695 g/mol. The van der Waals surface area contributed by atoms with Crippen molar-refractivity contribution in [3.05, 3.63) is 36.1 Å². The molecule has 0 spiro atoms. The average molecular weight is 696 g/mol. The molecule has 0 amide bonds. The van der Waals surface area contributed by atoms with Gasteiger partial charge in [0, 0.05) is 0 Å². The Hall–Kier alpha value is 0.262. The number of hydrogen-bond donors (Lipinski definition) is 0. The van der Waals surface area contributed by atoms with Crippen LogP contribution < -0.4 is 0 Å². The van der Waals surface area contributed by atoms with E-state index in [2.05, 4.69) is 117 Å². The Morgan fingerprint density at radius 3 is 0.971 bits per heavy atom. The summed E-state index contributed by atoms with van der Waals surface area (Å²) in [5.41, 5.74) is 0.0881. The summed E-state index contributed by atoms with van der Waals surface area (Å²) in [6, 6.07) is 8.08. The van der Waals surface area contributed by atoms with E-state index < -0.39 is 16.1 Å². The van der Waals surface area contributed by atoms with E-state index in [1.54, 1.807) is 0 Å². The maximum Gasteiger partial charge on any atom is -0.0700 e. The zero-order valence-corrected chi connectivity index (χ0v) is 31.3. The van der Waals surface area contributed by atoms with Gasteiger partial charge in [-0.15, -0.1) is 11.1 Å². The molecule has 0 aliphatic heterocycles. The van der Waals surface area contributed by atoms with Crippen molar-refractivity contribution in [2.45, 2.75) is 157 Å². The molecule has 0 heterocycles. The molecule has 0 N–H and O–H groups in total. The second-order valence-electron chi connectivity index (χ2n) is 10.9. The molecule has 0 radical (unpaired) electrons. The van der Waals surface area contributed by atoms with E-state index in [1.807, 2.05) is 12.4 Å². The van der Waals surface area contributed by atoms with Crippen molar-refractivity contribution in [2.75, 3.05) is 6.54 Å². The van der Waals surface area contributed by atoms with Crippen molar-refractivity contribution < 1.29 is 19.6 Å². The zero-order valence-electron chi connectivity index (χ0n) is 26.4. The molecule has 0 aromatic heterocycles. The summed E-state index contributed by atoms with van der Waals surface area (Å²) in [6.07, 6.45) is 6.94. The van der Waals surface area contributed by atoms with Gasteiger partial charge in [0.25, 0.3) is 0 Å². The van der Waals surface area contributed by atoms with Crippen LogP contribution >= 0.6 is 0 Å². The first-order valence-electron chi connectivity index (χ1n) is 14.2. The first kappa shape index (κ1) is 42.4. The molecule has 0 saturated heterocycles. The van der Waals surface area contributed by atoms with E-state index in [1.165, 1.54) is 62.3 Å². The van der Waals surface area contributed by atoms with Crippen molar-refractivity contribution in [2.24, 2.45) is 3.50 Å². The maximum atomic E-state index is 4.44. The van der Waals surface area contributed by atoms with Crippen LogP contribution in [0, 0.1) is 13.1 Å². The van der Waals surface area contributed by atoms with Crippen LogP contribution in [0.5, 0.6) is 0 Å². The third-order valence-electron chi connectivity index (χ3n) is 7.46. The van der Waals surface area contributed by atoms with Gasteiger partial charge in [-0.3, -0.25) is 0 Å². The van der Waals surface area contributed by atoms with Crippen LogP contribution in [0.3, 0.4) is 0 Å². The van der Waals surface area contributed by atoms with Gasteiger partial charge in [0.15, 0.2) is 0 Å². The largest absolute Gasteiger partial charge is 0.342 e. The predicted molar refractivity (Wildman–Crippen MR) is 167 cm³/mol. The molecule has 0 rings (SSSR count). The van der Waals surface area contributed by atoms with Crippen LogP contribution in [0.15, 0.2) is 15.9 Å². The van der Waals surface area contributed by atoms with Gasteiger partial charge in [0.05, 0.1) is 0 Å². The Morgan fingerprint density at radius 2 is 0.886 bits per heavy atom. The first-order chi connectivity index (χ1) is 16.1. The molecular weight excluding hydrogens is 630 g/mol. The van der Waals surface area contributed by atoms with Gasteiger partial charge in [-0.1, -0.05) is 148 Å². The quantitative estimate of drug-likeness (QED) is 0.128. The Bertz CT molecular complexity index is 432. The van der Waals surface area contributed by atoms with E-state index in [0.717, 1.165) is 19.4 Å². The fourth-order valence-corrected chi connectivity index (χ4v) is 5.90. The van der Waals surface area contributed by atoms with Crippen LogP contribution in [0.25, 0.3) is 10.6 Å². The van der Waals surface area contributed by atoms with E-state index >= 15 is 0 Å². The SMILES string of the molecule is CCC(C)(C)[N-]/C=C\[N-]C(C)(C)CC.CCC[N]=[W].[CH2-][Si](CC)(CC)CC.[CH2-][Si](CC)(CC)CC. The normalized spacial score (nSPS) is 11.9. The third kappa shape index (κ3) is 28.7. The molecule has 0 bridgehead atoms.